The number of ether oxygens (including phenoxy) is 1. The lowest BCUT2D eigenvalue weighted by Crippen LogP contribution is -2.41. The number of hydrogen-bond donors (Lipinski definition) is 1. The number of amides is 1. The molecule has 2 aliphatic rings. The van der Waals surface area contributed by atoms with Crippen LogP contribution in [-0.4, -0.2) is 37.3 Å². The molecule has 30 heavy (non-hydrogen) atoms. The SMILES string of the molecule is CC1(C)C[C@@H](NC(=O)c2cccc(S(=O)(=O)N3CCCCC3)c2)c2ccccc2O1. The molecule has 0 aromatic heterocycles. The highest BCUT2D eigenvalue weighted by Crippen LogP contribution is 2.39. The van der Waals surface area contributed by atoms with Crippen LogP contribution in [0.1, 0.15) is 61.5 Å². The molecule has 2 aromatic carbocycles. The summed E-state index contributed by atoms with van der Waals surface area (Å²) in [6.45, 7) is 5.06. The molecule has 1 atom stereocenters. The van der Waals surface area contributed by atoms with Crippen LogP contribution in [0.2, 0.25) is 0 Å². The maximum atomic E-state index is 13.0. The molecule has 7 heteroatoms. The third kappa shape index (κ3) is 4.23. The van der Waals surface area contributed by atoms with E-state index in [2.05, 4.69) is 5.32 Å². The minimum Gasteiger partial charge on any atom is -0.487 e. The van der Waals surface area contributed by atoms with Crippen molar-refractivity contribution in [3.8, 4) is 5.75 Å². The number of piperidine rings is 1. The molecule has 2 heterocycles. The molecule has 6 nitrogen and oxygen atoms in total. The molecule has 0 spiro atoms. The van der Waals surface area contributed by atoms with Crippen LogP contribution in [0.25, 0.3) is 0 Å². The molecule has 160 valence electrons. The minimum atomic E-state index is -3.59. The molecule has 4 rings (SSSR count). The number of carbonyl (C=O) groups excluding carboxylic acids is 1. The highest BCUT2D eigenvalue weighted by molar-refractivity contribution is 7.89. The van der Waals surface area contributed by atoms with E-state index in [0.717, 1.165) is 30.6 Å². The zero-order valence-electron chi connectivity index (χ0n) is 17.4. The van der Waals surface area contributed by atoms with E-state index in [4.69, 9.17) is 4.74 Å². The van der Waals surface area contributed by atoms with Crippen LogP contribution >= 0.6 is 0 Å². The molecule has 1 saturated heterocycles. The molecular formula is C23H28N2O4S. The highest BCUT2D eigenvalue weighted by Gasteiger charge is 2.34. The zero-order valence-corrected chi connectivity index (χ0v) is 18.2. The van der Waals surface area contributed by atoms with Crippen LogP contribution in [-0.2, 0) is 10.0 Å². The number of para-hydroxylation sites is 1. The van der Waals surface area contributed by atoms with Gasteiger partial charge in [0.15, 0.2) is 0 Å². The lowest BCUT2D eigenvalue weighted by molar-refractivity contribution is 0.0619. The Morgan fingerprint density at radius 3 is 2.57 bits per heavy atom. The van der Waals surface area contributed by atoms with Gasteiger partial charge in [0.25, 0.3) is 5.91 Å². The Morgan fingerprint density at radius 1 is 1.07 bits per heavy atom. The first-order valence-corrected chi connectivity index (χ1v) is 11.9. The average molecular weight is 429 g/mol. The van der Waals surface area contributed by atoms with Gasteiger partial charge in [0.2, 0.25) is 10.0 Å². The number of carbonyl (C=O) groups is 1. The smallest absolute Gasteiger partial charge is 0.251 e. The molecule has 1 N–H and O–H groups in total. The number of nitrogens with one attached hydrogen (secondary N) is 1. The van der Waals surface area contributed by atoms with E-state index in [1.165, 1.54) is 10.4 Å². The van der Waals surface area contributed by atoms with Crippen molar-refractivity contribution in [3.05, 3.63) is 59.7 Å². The van der Waals surface area contributed by atoms with E-state index < -0.39 is 15.6 Å². The van der Waals surface area contributed by atoms with Crippen molar-refractivity contribution in [1.29, 1.82) is 0 Å². The van der Waals surface area contributed by atoms with Crippen molar-refractivity contribution in [2.45, 2.75) is 56.1 Å². The number of sulfonamides is 1. The molecular weight excluding hydrogens is 400 g/mol. The maximum Gasteiger partial charge on any atom is 0.251 e. The molecule has 0 unspecified atom stereocenters. The van der Waals surface area contributed by atoms with E-state index in [1.54, 1.807) is 18.2 Å². The molecule has 0 saturated carbocycles. The van der Waals surface area contributed by atoms with E-state index in [1.807, 2.05) is 38.1 Å². The second-order valence-corrected chi connectivity index (χ2v) is 10.6. The average Bonchev–Trinajstić information content (AvgIpc) is 2.73. The topological polar surface area (TPSA) is 75.7 Å². The van der Waals surface area contributed by atoms with Gasteiger partial charge in [-0.25, -0.2) is 8.42 Å². The summed E-state index contributed by atoms with van der Waals surface area (Å²) in [5, 5.41) is 3.08. The number of nitrogens with zero attached hydrogens (tertiary/aromatic N) is 1. The van der Waals surface area contributed by atoms with Gasteiger partial charge >= 0.3 is 0 Å². The van der Waals surface area contributed by atoms with Crippen LogP contribution in [0.5, 0.6) is 5.75 Å². The Bertz CT molecular complexity index is 1040. The van der Waals surface area contributed by atoms with Crippen molar-refractivity contribution in [3.63, 3.8) is 0 Å². The summed E-state index contributed by atoms with van der Waals surface area (Å²) in [6.07, 6.45) is 3.43. The molecule has 0 radical (unpaired) electrons. The van der Waals surface area contributed by atoms with Crippen molar-refractivity contribution >= 4 is 15.9 Å². The first kappa shape index (κ1) is 20.9. The summed E-state index contributed by atoms with van der Waals surface area (Å²) in [5.74, 6) is 0.476. The lowest BCUT2D eigenvalue weighted by atomic mass is 9.89. The van der Waals surface area contributed by atoms with Gasteiger partial charge in [-0.1, -0.05) is 30.7 Å². The minimum absolute atomic E-state index is 0.171. The Hall–Kier alpha value is -2.38. The van der Waals surface area contributed by atoms with Crippen LogP contribution in [0.4, 0.5) is 0 Å². The van der Waals surface area contributed by atoms with Crippen molar-refractivity contribution < 1.29 is 17.9 Å². The first-order chi connectivity index (χ1) is 14.3. The number of rotatable bonds is 4. The molecule has 0 bridgehead atoms. The summed E-state index contributed by atoms with van der Waals surface area (Å²) < 4.78 is 33.5. The fourth-order valence-corrected chi connectivity index (χ4v) is 5.79. The Labute approximate surface area is 178 Å². The first-order valence-electron chi connectivity index (χ1n) is 10.5. The molecule has 2 aromatic rings. The summed E-state index contributed by atoms with van der Waals surface area (Å²) in [5.41, 5.74) is 0.864. The Morgan fingerprint density at radius 2 is 1.80 bits per heavy atom. The second kappa shape index (κ2) is 8.04. The predicted octanol–water partition coefficient (Wildman–Crippen LogP) is 3.89. The number of hydrogen-bond acceptors (Lipinski definition) is 4. The largest absolute Gasteiger partial charge is 0.487 e. The van der Waals surface area contributed by atoms with Crippen molar-refractivity contribution in [1.82, 2.24) is 9.62 Å². The van der Waals surface area contributed by atoms with Gasteiger partial charge in [-0.05, 0) is 51.0 Å². The maximum absolute atomic E-state index is 13.0. The van der Waals surface area contributed by atoms with Gasteiger partial charge < -0.3 is 10.1 Å². The van der Waals surface area contributed by atoms with Gasteiger partial charge in [-0.15, -0.1) is 0 Å². The quantitative estimate of drug-likeness (QED) is 0.802. The van der Waals surface area contributed by atoms with E-state index in [0.29, 0.717) is 25.1 Å². The summed E-state index contributed by atoms with van der Waals surface area (Å²) in [7, 11) is -3.59. The third-order valence-corrected chi connectivity index (χ3v) is 7.63. The van der Waals surface area contributed by atoms with Gasteiger partial charge in [-0.2, -0.15) is 4.31 Å². The molecule has 1 amide bonds. The van der Waals surface area contributed by atoms with E-state index in [-0.39, 0.29) is 16.8 Å². The van der Waals surface area contributed by atoms with Crippen molar-refractivity contribution in [2.24, 2.45) is 0 Å². The predicted molar refractivity (Wildman–Crippen MR) is 115 cm³/mol. The lowest BCUT2D eigenvalue weighted by Gasteiger charge is -2.37. The summed E-state index contributed by atoms with van der Waals surface area (Å²) in [6, 6.07) is 13.8. The van der Waals surface area contributed by atoms with E-state index >= 15 is 0 Å². The molecule has 1 fully saturated rings. The van der Waals surface area contributed by atoms with Gasteiger partial charge in [0.05, 0.1) is 10.9 Å². The van der Waals surface area contributed by atoms with Crippen molar-refractivity contribution in [2.75, 3.05) is 13.1 Å². The Balaban J connectivity index is 1.57. The monoisotopic (exact) mass is 428 g/mol. The zero-order chi connectivity index (χ0) is 21.4. The summed E-state index contributed by atoms with van der Waals surface area (Å²) in [4.78, 5) is 13.2. The molecule has 2 aliphatic heterocycles. The fourth-order valence-electron chi connectivity index (χ4n) is 4.22. The summed E-state index contributed by atoms with van der Waals surface area (Å²) >= 11 is 0. The van der Waals surface area contributed by atoms with Gasteiger partial charge in [0.1, 0.15) is 11.4 Å². The van der Waals surface area contributed by atoms with Crippen LogP contribution in [0.3, 0.4) is 0 Å². The second-order valence-electron chi connectivity index (χ2n) is 8.62. The molecule has 0 aliphatic carbocycles. The van der Waals surface area contributed by atoms with Crippen LogP contribution in [0, 0.1) is 0 Å². The number of fused-ring (bicyclic) bond motifs is 1. The highest BCUT2D eigenvalue weighted by atomic mass is 32.2. The fraction of sp³-hybridized carbons (Fsp3) is 0.435. The van der Waals surface area contributed by atoms with Crippen LogP contribution < -0.4 is 10.1 Å². The number of benzene rings is 2. The van der Waals surface area contributed by atoms with Gasteiger partial charge in [0, 0.05) is 30.6 Å². The third-order valence-electron chi connectivity index (χ3n) is 5.73. The Kier molecular flexibility index (Phi) is 5.59. The van der Waals surface area contributed by atoms with Gasteiger partial charge in [-0.3, -0.25) is 4.79 Å². The normalized spacial score (nSPS) is 21.3. The van der Waals surface area contributed by atoms with Crippen LogP contribution in [0.15, 0.2) is 53.4 Å². The van der Waals surface area contributed by atoms with E-state index in [9.17, 15) is 13.2 Å². The standard InChI is InChI=1S/C23H28N2O4S/c1-23(2)16-20(19-11-4-5-12-21(19)29-23)24-22(26)17-9-8-10-18(15-17)30(27,28)25-13-6-3-7-14-25/h4-5,8-12,15,20H,3,6-7,13-14,16H2,1-2H3,(H,24,26)/t20-/m1/s1.